The molecule has 0 spiro atoms. The Morgan fingerprint density at radius 1 is 1.39 bits per heavy atom. The molecule has 0 radical (unpaired) electrons. The van der Waals surface area contributed by atoms with Gasteiger partial charge in [0.15, 0.2) is 0 Å². The van der Waals surface area contributed by atoms with Crippen molar-refractivity contribution in [1.29, 1.82) is 0 Å². The van der Waals surface area contributed by atoms with Gasteiger partial charge in [-0.3, -0.25) is 0 Å². The summed E-state index contributed by atoms with van der Waals surface area (Å²) in [6.07, 6.45) is 1.06. The normalized spacial score (nSPS) is 18.8. The fraction of sp³-hybridized carbons (Fsp3) is 0.500. The molecule has 0 heterocycles. The van der Waals surface area contributed by atoms with Crippen LogP contribution < -0.4 is 4.74 Å². The van der Waals surface area contributed by atoms with Gasteiger partial charge in [0.1, 0.15) is 5.75 Å². The monoisotopic (exact) mass is 278 g/mol. The third kappa shape index (κ3) is 3.55. The first-order valence-corrected chi connectivity index (χ1v) is 6.58. The van der Waals surface area contributed by atoms with Crippen molar-refractivity contribution < 1.29 is 23.0 Å². The smallest absolute Gasteiger partial charge is 0.441 e. The number of ether oxygens (including phenoxy) is 1. The molecule has 0 aliphatic heterocycles. The third-order valence-electron chi connectivity index (χ3n) is 2.78. The number of halogens is 3. The van der Waals surface area contributed by atoms with Crippen LogP contribution in [0.25, 0.3) is 0 Å². The van der Waals surface area contributed by atoms with Gasteiger partial charge in [-0.2, -0.15) is 13.2 Å². The molecule has 2 rings (SSSR count). The number of thioether (sulfide) groups is 1. The van der Waals surface area contributed by atoms with E-state index in [0.717, 1.165) is 17.5 Å². The van der Waals surface area contributed by atoms with Crippen molar-refractivity contribution in [3.63, 3.8) is 0 Å². The molecule has 0 saturated carbocycles. The molecule has 6 heteroatoms. The zero-order valence-electron chi connectivity index (χ0n) is 9.54. The molecule has 0 unspecified atom stereocenters. The average molecular weight is 278 g/mol. The highest BCUT2D eigenvalue weighted by Crippen LogP contribution is 2.33. The van der Waals surface area contributed by atoms with E-state index in [9.17, 15) is 18.3 Å². The number of rotatable bonds is 4. The Bertz CT molecular complexity index is 420. The van der Waals surface area contributed by atoms with Gasteiger partial charge in [0, 0.05) is 5.75 Å². The van der Waals surface area contributed by atoms with Crippen molar-refractivity contribution in [2.45, 2.75) is 24.5 Å². The summed E-state index contributed by atoms with van der Waals surface area (Å²) in [5.41, 5.74) is -2.29. The van der Waals surface area contributed by atoms with Gasteiger partial charge >= 0.3 is 5.51 Å². The van der Waals surface area contributed by atoms with E-state index in [0.29, 0.717) is 12.2 Å². The molecule has 0 aromatic heterocycles. The summed E-state index contributed by atoms with van der Waals surface area (Å²) in [5.74, 6) is 0.439. The number of benzene rings is 1. The number of aliphatic hydroxyl groups excluding tert-OH is 1. The number of hydrogen-bond acceptors (Lipinski definition) is 3. The van der Waals surface area contributed by atoms with Crippen LogP contribution in [0.4, 0.5) is 13.2 Å². The second kappa shape index (κ2) is 5.40. The summed E-state index contributed by atoms with van der Waals surface area (Å²) in [6, 6.07) is 5.26. The van der Waals surface area contributed by atoms with E-state index in [4.69, 9.17) is 4.74 Å². The number of fused-ring (bicyclic) bond motifs is 1. The highest BCUT2D eigenvalue weighted by molar-refractivity contribution is 8.00. The molecule has 1 aromatic rings. The van der Waals surface area contributed by atoms with Gasteiger partial charge < -0.3 is 9.84 Å². The summed E-state index contributed by atoms with van der Waals surface area (Å²) in [4.78, 5) is 0. The highest BCUT2D eigenvalue weighted by atomic mass is 32.2. The topological polar surface area (TPSA) is 29.5 Å². The Morgan fingerprint density at radius 2 is 2.17 bits per heavy atom. The first-order valence-electron chi connectivity index (χ1n) is 5.60. The predicted molar refractivity (Wildman–Crippen MR) is 63.7 cm³/mol. The minimum Gasteiger partial charge on any atom is -0.493 e. The lowest BCUT2D eigenvalue weighted by molar-refractivity contribution is -0.0329. The van der Waals surface area contributed by atoms with Crippen LogP contribution in [0.3, 0.4) is 0 Å². The molecule has 2 nitrogen and oxygen atoms in total. The molecule has 1 aliphatic rings. The summed E-state index contributed by atoms with van der Waals surface area (Å²) >= 11 is -0.0863. The lowest BCUT2D eigenvalue weighted by Gasteiger charge is -2.09. The van der Waals surface area contributed by atoms with E-state index in [1.807, 2.05) is 0 Å². The quantitative estimate of drug-likeness (QED) is 0.857. The van der Waals surface area contributed by atoms with Crippen LogP contribution in [-0.2, 0) is 6.42 Å². The van der Waals surface area contributed by atoms with Crippen LogP contribution in [0.5, 0.6) is 5.75 Å². The Kier molecular flexibility index (Phi) is 4.07. The fourth-order valence-electron chi connectivity index (χ4n) is 1.98. The van der Waals surface area contributed by atoms with E-state index >= 15 is 0 Å². The molecule has 1 atom stereocenters. The van der Waals surface area contributed by atoms with Crippen molar-refractivity contribution in [2.75, 3.05) is 12.4 Å². The molecule has 0 bridgehead atoms. The molecule has 1 aliphatic carbocycles. The van der Waals surface area contributed by atoms with Gasteiger partial charge in [0.05, 0.1) is 12.7 Å². The predicted octanol–water partition coefficient (Wildman–Crippen LogP) is 3.30. The van der Waals surface area contributed by atoms with Gasteiger partial charge in [-0.05, 0) is 47.9 Å². The number of aryl methyl sites for hydroxylation is 1. The highest BCUT2D eigenvalue weighted by Gasteiger charge is 2.27. The molecule has 1 N–H and O–H groups in total. The molecule has 1 aromatic carbocycles. The van der Waals surface area contributed by atoms with Gasteiger partial charge in [-0.1, -0.05) is 6.07 Å². The first kappa shape index (κ1) is 13.5. The second-order valence-corrected chi connectivity index (χ2v) is 5.22. The van der Waals surface area contributed by atoms with Crippen LogP contribution in [0.1, 0.15) is 23.7 Å². The molecular formula is C12H13F3O2S. The minimum absolute atomic E-state index is 0.0194. The third-order valence-corrected chi connectivity index (χ3v) is 3.48. The summed E-state index contributed by atoms with van der Waals surface area (Å²) in [5, 5.41) is 9.61. The lowest BCUT2D eigenvalue weighted by atomic mass is 10.1. The maximum absolute atomic E-state index is 11.9. The van der Waals surface area contributed by atoms with Crippen molar-refractivity contribution in [2.24, 2.45) is 0 Å². The second-order valence-electron chi connectivity index (χ2n) is 4.06. The molecule has 18 heavy (non-hydrogen) atoms. The largest absolute Gasteiger partial charge is 0.493 e. The van der Waals surface area contributed by atoms with Crippen molar-refractivity contribution >= 4 is 11.8 Å². The van der Waals surface area contributed by atoms with E-state index in [1.54, 1.807) is 18.2 Å². The van der Waals surface area contributed by atoms with Gasteiger partial charge in [-0.15, -0.1) is 0 Å². The van der Waals surface area contributed by atoms with Crippen LogP contribution in [0, 0.1) is 0 Å². The van der Waals surface area contributed by atoms with Gasteiger partial charge in [0.2, 0.25) is 0 Å². The number of alkyl halides is 3. The molecule has 0 saturated heterocycles. The summed E-state index contributed by atoms with van der Waals surface area (Å²) in [7, 11) is 0. The van der Waals surface area contributed by atoms with Crippen LogP contribution in [-0.4, -0.2) is 23.0 Å². The Hall–Kier alpha value is -0.880. The lowest BCUT2D eigenvalue weighted by Crippen LogP contribution is -2.07. The standard InChI is InChI=1S/C12H13F3O2S/c13-12(14,15)18-6-5-17-9-2-3-10-8(7-9)1-4-11(10)16/h2-3,7,11,16H,1,4-6H2/t11-/m1/s1. The minimum atomic E-state index is -4.20. The Labute approximate surface area is 107 Å². The zero-order valence-corrected chi connectivity index (χ0v) is 10.4. The van der Waals surface area contributed by atoms with Crippen molar-refractivity contribution in [3.8, 4) is 5.75 Å². The molecule has 0 amide bonds. The van der Waals surface area contributed by atoms with Gasteiger partial charge in [-0.25, -0.2) is 0 Å². The average Bonchev–Trinajstić information content (AvgIpc) is 2.65. The van der Waals surface area contributed by atoms with E-state index in [1.165, 1.54) is 0 Å². The van der Waals surface area contributed by atoms with E-state index < -0.39 is 11.6 Å². The molecule has 100 valence electrons. The van der Waals surface area contributed by atoms with E-state index in [2.05, 4.69) is 0 Å². The van der Waals surface area contributed by atoms with Crippen LogP contribution >= 0.6 is 11.8 Å². The van der Waals surface area contributed by atoms with Crippen molar-refractivity contribution in [1.82, 2.24) is 0 Å². The summed E-state index contributed by atoms with van der Waals surface area (Å²) in [6.45, 7) is 0.0194. The Balaban J connectivity index is 1.84. The maximum Gasteiger partial charge on any atom is 0.441 e. The zero-order chi connectivity index (χ0) is 13.2. The fourth-order valence-corrected chi connectivity index (χ4v) is 2.38. The van der Waals surface area contributed by atoms with Crippen LogP contribution in [0.2, 0.25) is 0 Å². The first-order chi connectivity index (χ1) is 8.46. The van der Waals surface area contributed by atoms with Gasteiger partial charge in [0.25, 0.3) is 0 Å². The number of hydrogen-bond donors (Lipinski definition) is 1. The van der Waals surface area contributed by atoms with Crippen LogP contribution in [0.15, 0.2) is 18.2 Å². The number of aliphatic hydroxyl groups is 1. The molecule has 0 fully saturated rings. The maximum atomic E-state index is 11.9. The van der Waals surface area contributed by atoms with Crippen molar-refractivity contribution in [3.05, 3.63) is 29.3 Å². The van der Waals surface area contributed by atoms with E-state index in [-0.39, 0.29) is 24.1 Å². The Morgan fingerprint density at radius 3 is 2.89 bits per heavy atom. The SMILES string of the molecule is O[C@@H]1CCc2cc(OCCSC(F)(F)F)ccc21. The molecular weight excluding hydrogens is 265 g/mol. The summed E-state index contributed by atoms with van der Waals surface area (Å²) < 4.78 is 40.9.